The van der Waals surface area contributed by atoms with E-state index in [0.717, 1.165) is 22.4 Å². The molecule has 1 aliphatic heterocycles. The van der Waals surface area contributed by atoms with Gasteiger partial charge in [-0.1, -0.05) is 12.1 Å². The van der Waals surface area contributed by atoms with Crippen LogP contribution in [0.1, 0.15) is 22.3 Å². The number of pyridine rings is 2. The molecule has 0 fully saturated rings. The third kappa shape index (κ3) is 5.75. The van der Waals surface area contributed by atoms with Gasteiger partial charge >= 0.3 is 6.18 Å². The molecule has 0 unspecified atom stereocenters. The Bertz CT molecular complexity index is 1140. The summed E-state index contributed by atoms with van der Waals surface area (Å²) in [6.07, 6.45) is -1.83. The summed E-state index contributed by atoms with van der Waals surface area (Å²) in [5.41, 5.74) is 3.08. The number of carbonyl (C=O) groups excluding carboxylic acids is 1. The molecule has 1 aliphatic rings. The van der Waals surface area contributed by atoms with Crippen LogP contribution in [-0.2, 0) is 6.42 Å². The predicted octanol–water partition coefficient (Wildman–Crippen LogP) is 4.22. The topological polar surface area (TPSA) is 82.6 Å². The van der Waals surface area contributed by atoms with Gasteiger partial charge in [0, 0.05) is 42.1 Å². The van der Waals surface area contributed by atoms with Gasteiger partial charge in [0.1, 0.15) is 12.4 Å². The van der Waals surface area contributed by atoms with E-state index in [-0.39, 0.29) is 23.4 Å². The number of ether oxygens (including phenoxy) is 3. The lowest BCUT2D eigenvalue weighted by atomic mass is 9.93. The van der Waals surface area contributed by atoms with Crippen molar-refractivity contribution in [2.75, 3.05) is 20.3 Å². The Balaban J connectivity index is 1.40. The second-order valence-corrected chi connectivity index (χ2v) is 7.66. The number of aromatic nitrogens is 2. The summed E-state index contributed by atoms with van der Waals surface area (Å²) in [6.45, 7) is -0.234. The molecular formula is C24H22F3N3O4. The van der Waals surface area contributed by atoms with Crippen LogP contribution in [0.25, 0.3) is 11.1 Å². The van der Waals surface area contributed by atoms with E-state index in [9.17, 15) is 18.0 Å². The van der Waals surface area contributed by atoms with Crippen LogP contribution in [0, 0.1) is 0 Å². The van der Waals surface area contributed by atoms with Crippen molar-refractivity contribution in [2.24, 2.45) is 0 Å². The third-order valence-corrected chi connectivity index (χ3v) is 5.25. The highest BCUT2D eigenvalue weighted by Crippen LogP contribution is 2.34. The molecule has 0 saturated carbocycles. The maximum Gasteiger partial charge on any atom is 0.392 e. The number of nitrogens with one attached hydrogen (secondary N) is 1. The summed E-state index contributed by atoms with van der Waals surface area (Å²) in [4.78, 5) is 20.9. The number of amides is 1. The molecule has 1 aromatic carbocycles. The molecule has 4 rings (SSSR count). The van der Waals surface area contributed by atoms with Gasteiger partial charge in [0.05, 0.1) is 31.7 Å². The molecule has 34 heavy (non-hydrogen) atoms. The largest absolute Gasteiger partial charge is 0.491 e. The molecule has 7 nitrogen and oxygen atoms in total. The van der Waals surface area contributed by atoms with E-state index in [0.29, 0.717) is 18.9 Å². The van der Waals surface area contributed by atoms with Crippen LogP contribution in [0.3, 0.4) is 0 Å². The lowest BCUT2D eigenvalue weighted by Gasteiger charge is -2.28. The molecule has 1 amide bonds. The first-order valence-electron chi connectivity index (χ1n) is 10.5. The zero-order valence-corrected chi connectivity index (χ0v) is 18.3. The van der Waals surface area contributed by atoms with E-state index in [4.69, 9.17) is 14.2 Å². The summed E-state index contributed by atoms with van der Waals surface area (Å²) >= 11 is 0. The molecule has 3 heterocycles. The van der Waals surface area contributed by atoms with E-state index >= 15 is 0 Å². The Hall–Kier alpha value is -3.82. The number of hydrogen-bond acceptors (Lipinski definition) is 6. The number of hydrogen-bond donors (Lipinski definition) is 1. The molecule has 0 spiro atoms. The molecule has 0 radical (unpaired) electrons. The maximum absolute atomic E-state index is 12.7. The molecule has 0 saturated heterocycles. The fourth-order valence-corrected chi connectivity index (χ4v) is 3.57. The fourth-order valence-electron chi connectivity index (χ4n) is 3.57. The number of carbonyl (C=O) groups is 1. The van der Waals surface area contributed by atoms with Crippen LogP contribution >= 0.6 is 0 Å². The summed E-state index contributed by atoms with van der Waals surface area (Å²) in [6, 6.07) is 12.0. The molecule has 10 heteroatoms. The highest BCUT2D eigenvalue weighted by Gasteiger charge is 2.27. The van der Waals surface area contributed by atoms with Crippen LogP contribution in [0.2, 0.25) is 0 Å². The van der Waals surface area contributed by atoms with Gasteiger partial charge < -0.3 is 19.5 Å². The normalized spacial score (nSPS) is 15.1. The first-order chi connectivity index (χ1) is 16.3. The van der Waals surface area contributed by atoms with Crippen LogP contribution in [0.15, 0.2) is 54.9 Å². The van der Waals surface area contributed by atoms with Gasteiger partial charge in [-0.2, -0.15) is 13.2 Å². The van der Waals surface area contributed by atoms with Gasteiger partial charge in [-0.15, -0.1) is 0 Å². The monoisotopic (exact) mass is 473 g/mol. The summed E-state index contributed by atoms with van der Waals surface area (Å²) in [7, 11) is 1.55. The summed E-state index contributed by atoms with van der Waals surface area (Å²) in [5, 5.41) is 2.93. The van der Waals surface area contributed by atoms with Gasteiger partial charge in [0.2, 0.25) is 11.8 Å². The zero-order chi connectivity index (χ0) is 24.1. The molecule has 3 aromatic rings. The lowest BCUT2D eigenvalue weighted by molar-refractivity contribution is -0.139. The molecule has 1 N–H and O–H groups in total. The van der Waals surface area contributed by atoms with Gasteiger partial charge in [0.15, 0.2) is 0 Å². The van der Waals surface area contributed by atoms with Crippen molar-refractivity contribution in [3.63, 3.8) is 0 Å². The first kappa shape index (κ1) is 23.3. The van der Waals surface area contributed by atoms with Crippen LogP contribution in [-0.4, -0.2) is 48.4 Å². The van der Waals surface area contributed by atoms with E-state index in [1.807, 2.05) is 24.3 Å². The Morgan fingerprint density at radius 1 is 1.12 bits per heavy atom. The molecule has 2 aromatic heterocycles. The highest BCUT2D eigenvalue weighted by atomic mass is 19.4. The minimum Gasteiger partial charge on any atom is -0.491 e. The number of fused-ring (bicyclic) bond motifs is 1. The number of rotatable bonds is 7. The van der Waals surface area contributed by atoms with Crippen molar-refractivity contribution in [1.82, 2.24) is 15.3 Å². The minimum absolute atomic E-state index is 0.0217. The van der Waals surface area contributed by atoms with Gasteiger partial charge in [0.25, 0.3) is 5.91 Å². The van der Waals surface area contributed by atoms with E-state index in [2.05, 4.69) is 15.3 Å². The van der Waals surface area contributed by atoms with Crippen molar-refractivity contribution in [1.29, 1.82) is 0 Å². The average Bonchev–Trinajstić information content (AvgIpc) is 2.83. The SMILES string of the molecule is COc1ccc(-c2cccc3c2C[C@H](NC(=O)c2ccc(OCCC(F)(F)F)nc2)CO3)cn1. The number of methoxy groups -OCH3 is 1. The Morgan fingerprint density at radius 2 is 1.91 bits per heavy atom. The average molecular weight is 473 g/mol. The number of halogens is 3. The predicted molar refractivity (Wildman–Crippen MR) is 117 cm³/mol. The van der Waals surface area contributed by atoms with E-state index in [1.165, 1.54) is 18.3 Å². The Kier molecular flexibility index (Phi) is 6.85. The first-order valence-corrected chi connectivity index (χ1v) is 10.5. The quantitative estimate of drug-likeness (QED) is 0.554. The van der Waals surface area contributed by atoms with E-state index < -0.39 is 19.2 Å². The highest BCUT2D eigenvalue weighted by molar-refractivity contribution is 5.94. The Labute approximate surface area is 193 Å². The molecule has 0 aliphatic carbocycles. The third-order valence-electron chi connectivity index (χ3n) is 5.25. The van der Waals surface area contributed by atoms with E-state index in [1.54, 1.807) is 19.4 Å². The van der Waals surface area contributed by atoms with Gasteiger partial charge in [-0.25, -0.2) is 9.97 Å². The molecule has 1 atom stereocenters. The summed E-state index contributed by atoms with van der Waals surface area (Å²) < 4.78 is 52.7. The Morgan fingerprint density at radius 3 is 2.59 bits per heavy atom. The van der Waals surface area contributed by atoms with Crippen molar-refractivity contribution in [3.8, 4) is 28.6 Å². The standard InChI is InChI=1S/C24H22F3N3O4/c1-32-21-7-5-15(12-28-21)18-3-2-4-20-19(18)11-17(14-34-20)30-23(31)16-6-8-22(29-13-16)33-10-9-24(25,26)27/h2-8,12-13,17H,9-11,14H2,1H3,(H,30,31)/t17-/m0/s1. The number of benzene rings is 1. The second kappa shape index (κ2) is 9.98. The van der Waals surface area contributed by atoms with Crippen LogP contribution in [0.4, 0.5) is 13.2 Å². The zero-order valence-electron chi connectivity index (χ0n) is 18.3. The van der Waals surface area contributed by atoms with Gasteiger partial charge in [-0.3, -0.25) is 4.79 Å². The van der Waals surface area contributed by atoms with Crippen LogP contribution in [0.5, 0.6) is 17.5 Å². The van der Waals surface area contributed by atoms with Crippen molar-refractivity contribution in [2.45, 2.75) is 25.1 Å². The fraction of sp³-hybridized carbons (Fsp3) is 0.292. The van der Waals surface area contributed by atoms with Crippen molar-refractivity contribution in [3.05, 3.63) is 66.0 Å². The smallest absolute Gasteiger partial charge is 0.392 e. The number of nitrogens with zero attached hydrogens (tertiary/aromatic N) is 2. The second-order valence-electron chi connectivity index (χ2n) is 7.66. The maximum atomic E-state index is 12.7. The minimum atomic E-state index is -4.30. The van der Waals surface area contributed by atoms with Crippen LogP contribution < -0.4 is 19.5 Å². The molecular weight excluding hydrogens is 451 g/mol. The molecule has 178 valence electrons. The lowest BCUT2D eigenvalue weighted by Crippen LogP contribution is -2.42. The summed E-state index contributed by atoms with van der Waals surface area (Å²) in [5.74, 6) is 0.921. The number of alkyl halides is 3. The van der Waals surface area contributed by atoms with Crippen molar-refractivity contribution >= 4 is 5.91 Å². The molecule has 0 bridgehead atoms. The van der Waals surface area contributed by atoms with Crippen molar-refractivity contribution < 1.29 is 32.2 Å². The van der Waals surface area contributed by atoms with Gasteiger partial charge in [-0.05, 0) is 23.8 Å².